The fourth-order valence-corrected chi connectivity index (χ4v) is 1.84. The summed E-state index contributed by atoms with van der Waals surface area (Å²) in [5.74, 6) is -0.768. The highest BCUT2D eigenvalue weighted by Gasteiger charge is 2.25. The average molecular weight is 250 g/mol. The summed E-state index contributed by atoms with van der Waals surface area (Å²) in [6, 6.07) is 8.99. The second-order valence-electron chi connectivity index (χ2n) is 5.32. The quantitative estimate of drug-likeness (QED) is 0.814. The first-order valence-corrected chi connectivity index (χ1v) is 5.89. The lowest BCUT2D eigenvalue weighted by Crippen LogP contribution is -2.18. The predicted molar refractivity (Wildman–Crippen MR) is 68.9 cm³/mol. The number of nitriles is 1. The molecular weight excluding hydrogens is 234 g/mol. The minimum absolute atomic E-state index is 0.0535. The molecule has 0 amide bonds. The molecule has 90 valence electrons. The molecule has 0 aromatic heterocycles. The van der Waals surface area contributed by atoms with Crippen LogP contribution < -0.4 is 0 Å². The van der Waals surface area contributed by atoms with Crippen molar-refractivity contribution in [2.24, 2.45) is 5.41 Å². The van der Waals surface area contributed by atoms with Gasteiger partial charge in [0.05, 0.1) is 6.07 Å². The van der Waals surface area contributed by atoms with Crippen LogP contribution in [0, 0.1) is 16.7 Å². The van der Waals surface area contributed by atoms with Crippen LogP contribution in [0.5, 0.6) is 0 Å². The second kappa shape index (κ2) is 5.33. The third-order valence-corrected chi connectivity index (χ3v) is 2.57. The first kappa shape index (κ1) is 13.7. The number of hydrogen-bond donors (Lipinski definition) is 0. The Morgan fingerprint density at radius 2 is 2.12 bits per heavy atom. The number of halogens is 1. The van der Waals surface area contributed by atoms with Crippen molar-refractivity contribution >= 4 is 17.4 Å². The van der Waals surface area contributed by atoms with Gasteiger partial charge in [-0.3, -0.25) is 4.79 Å². The van der Waals surface area contributed by atoms with Gasteiger partial charge >= 0.3 is 0 Å². The van der Waals surface area contributed by atoms with Crippen LogP contribution in [-0.2, 0) is 4.79 Å². The maximum Gasteiger partial charge on any atom is 0.154 e. The van der Waals surface area contributed by atoms with Crippen LogP contribution in [0.25, 0.3) is 0 Å². The third kappa shape index (κ3) is 4.20. The first-order valence-electron chi connectivity index (χ1n) is 5.51. The highest BCUT2D eigenvalue weighted by molar-refractivity contribution is 6.30. The zero-order valence-electron chi connectivity index (χ0n) is 10.3. The number of Topliss-reactive ketones (excluding diaryl/α,β-unsaturated/α-hetero) is 1. The Morgan fingerprint density at radius 3 is 2.59 bits per heavy atom. The molecule has 0 spiro atoms. The van der Waals surface area contributed by atoms with Crippen molar-refractivity contribution in [3.05, 3.63) is 34.9 Å². The van der Waals surface area contributed by atoms with Gasteiger partial charge in [-0.05, 0) is 23.1 Å². The van der Waals surface area contributed by atoms with E-state index in [9.17, 15) is 4.79 Å². The SMILES string of the molecule is CC(C)(C)CC(=O)C(C#N)c1cccc(Cl)c1. The molecule has 0 radical (unpaired) electrons. The number of rotatable bonds is 3. The normalized spacial score (nSPS) is 12.9. The summed E-state index contributed by atoms with van der Waals surface area (Å²) in [5, 5.41) is 9.67. The van der Waals surface area contributed by atoms with Gasteiger partial charge < -0.3 is 0 Å². The molecule has 0 bridgehead atoms. The van der Waals surface area contributed by atoms with Gasteiger partial charge in [-0.25, -0.2) is 0 Å². The molecule has 0 saturated carbocycles. The lowest BCUT2D eigenvalue weighted by Gasteiger charge is -2.19. The Balaban J connectivity index is 2.94. The molecule has 1 atom stereocenters. The first-order chi connectivity index (χ1) is 7.83. The molecule has 17 heavy (non-hydrogen) atoms. The Morgan fingerprint density at radius 1 is 1.47 bits per heavy atom. The molecular formula is C14H16ClNO. The van der Waals surface area contributed by atoms with Gasteiger partial charge in [0.2, 0.25) is 0 Å². The van der Waals surface area contributed by atoms with E-state index in [-0.39, 0.29) is 11.2 Å². The second-order valence-corrected chi connectivity index (χ2v) is 5.76. The molecule has 3 heteroatoms. The van der Waals surface area contributed by atoms with Crippen LogP contribution >= 0.6 is 11.6 Å². The molecule has 0 fully saturated rings. The maximum absolute atomic E-state index is 12.0. The summed E-state index contributed by atoms with van der Waals surface area (Å²) in [7, 11) is 0. The van der Waals surface area contributed by atoms with Crippen molar-refractivity contribution in [1.82, 2.24) is 0 Å². The number of carbonyl (C=O) groups excluding carboxylic acids is 1. The average Bonchev–Trinajstić information content (AvgIpc) is 2.15. The van der Waals surface area contributed by atoms with Crippen LogP contribution in [0.2, 0.25) is 5.02 Å². The van der Waals surface area contributed by atoms with Gasteiger partial charge in [-0.2, -0.15) is 5.26 Å². The fraction of sp³-hybridized carbons (Fsp3) is 0.429. The minimum Gasteiger partial charge on any atom is -0.298 e. The van der Waals surface area contributed by atoms with Crippen LogP contribution in [0.1, 0.15) is 38.7 Å². The molecule has 0 aliphatic rings. The number of hydrogen-bond acceptors (Lipinski definition) is 2. The standard InChI is InChI=1S/C14H16ClNO/c1-14(2,3)8-13(17)12(9-16)10-5-4-6-11(15)7-10/h4-7,12H,8H2,1-3H3. The highest BCUT2D eigenvalue weighted by atomic mass is 35.5. The van der Waals surface area contributed by atoms with Crippen LogP contribution in [-0.4, -0.2) is 5.78 Å². The zero-order chi connectivity index (χ0) is 13.1. The molecule has 2 nitrogen and oxygen atoms in total. The van der Waals surface area contributed by atoms with Gasteiger partial charge in [0.1, 0.15) is 5.92 Å². The molecule has 1 aromatic rings. The number of carbonyl (C=O) groups is 1. The van der Waals surface area contributed by atoms with E-state index >= 15 is 0 Å². The van der Waals surface area contributed by atoms with E-state index in [1.54, 1.807) is 24.3 Å². The Labute approximate surface area is 107 Å². The molecule has 0 aliphatic heterocycles. The summed E-state index contributed by atoms with van der Waals surface area (Å²) in [6.07, 6.45) is 0.387. The van der Waals surface area contributed by atoms with E-state index in [2.05, 4.69) is 6.07 Å². The molecule has 1 rings (SSSR count). The summed E-state index contributed by atoms with van der Waals surface area (Å²) in [5.41, 5.74) is 0.569. The summed E-state index contributed by atoms with van der Waals surface area (Å²) in [4.78, 5) is 12.0. The molecule has 0 heterocycles. The largest absolute Gasteiger partial charge is 0.298 e. The van der Waals surface area contributed by atoms with Crippen LogP contribution in [0.3, 0.4) is 0 Å². The zero-order valence-corrected chi connectivity index (χ0v) is 11.1. The maximum atomic E-state index is 12.0. The van der Waals surface area contributed by atoms with Crippen molar-refractivity contribution in [1.29, 1.82) is 5.26 Å². The van der Waals surface area contributed by atoms with E-state index in [4.69, 9.17) is 16.9 Å². The summed E-state index contributed by atoms with van der Waals surface area (Å²) < 4.78 is 0. The van der Waals surface area contributed by atoms with E-state index in [0.717, 1.165) is 0 Å². The van der Waals surface area contributed by atoms with Gasteiger partial charge in [0.15, 0.2) is 5.78 Å². The van der Waals surface area contributed by atoms with Crippen molar-refractivity contribution in [3.8, 4) is 6.07 Å². The number of nitrogens with zero attached hydrogens (tertiary/aromatic N) is 1. The van der Waals surface area contributed by atoms with Gasteiger partial charge in [-0.15, -0.1) is 0 Å². The van der Waals surface area contributed by atoms with E-state index < -0.39 is 5.92 Å². The summed E-state index contributed by atoms with van der Waals surface area (Å²) in [6.45, 7) is 5.95. The fourth-order valence-electron chi connectivity index (χ4n) is 1.64. The Kier molecular flexibility index (Phi) is 4.31. The topological polar surface area (TPSA) is 40.9 Å². The molecule has 0 aliphatic carbocycles. The number of benzene rings is 1. The third-order valence-electron chi connectivity index (χ3n) is 2.34. The smallest absolute Gasteiger partial charge is 0.154 e. The highest BCUT2D eigenvalue weighted by Crippen LogP contribution is 2.26. The molecule has 0 N–H and O–H groups in total. The van der Waals surface area contributed by atoms with E-state index in [1.165, 1.54) is 0 Å². The Bertz CT molecular complexity index is 454. The molecule has 1 unspecified atom stereocenters. The van der Waals surface area contributed by atoms with Gasteiger partial charge in [0, 0.05) is 11.4 Å². The molecule has 1 aromatic carbocycles. The van der Waals surface area contributed by atoms with Crippen molar-refractivity contribution in [2.75, 3.05) is 0 Å². The lowest BCUT2D eigenvalue weighted by molar-refractivity contribution is -0.121. The monoisotopic (exact) mass is 249 g/mol. The van der Waals surface area contributed by atoms with Crippen LogP contribution in [0.4, 0.5) is 0 Å². The minimum atomic E-state index is -0.715. The lowest BCUT2D eigenvalue weighted by atomic mass is 9.84. The van der Waals surface area contributed by atoms with Crippen molar-refractivity contribution in [3.63, 3.8) is 0 Å². The van der Waals surface area contributed by atoms with Gasteiger partial charge in [0.25, 0.3) is 0 Å². The van der Waals surface area contributed by atoms with Gasteiger partial charge in [-0.1, -0.05) is 44.5 Å². The molecule has 0 saturated heterocycles. The summed E-state index contributed by atoms with van der Waals surface area (Å²) >= 11 is 5.86. The van der Waals surface area contributed by atoms with Crippen molar-refractivity contribution in [2.45, 2.75) is 33.1 Å². The van der Waals surface area contributed by atoms with E-state index in [1.807, 2.05) is 20.8 Å². The van der Waals surface area contributed by atoms with Crippen LogP contribution in [0.15, 0.2) is 24.3 Å². The van der Waals surface area contributed by atoms with E-state index in [0.29, 0.717) is 17.0 Å². The number of ketones is 1. The van der Waals surface area contributed by atoms with Crippen molar-refractivity contribution < 1.29 is 4.79 Å². The predicted octanol–water partition coefficient (Wildman–Crippen LogP) is 3.95. The Hall–Kier alpha value is -1.33.